The van der Waals surface area contributed by atoms with Gasteiger partial charge in [-0.3, -0.25) is 33.6 Å². The third kappa shape index (κ3) is 31.6. The number of hydrogen-bond acceptors (Lipinski definition) is 11. The number of amides is 4. The molecule has 4 aliphatic rings. The fraction of sp³-hybridized carbons (Fsp3) is 0.515. The minimum absolute atomic E-state index is 0. The maximum absolute atomic E-state index is 13.9. The van der Waals surface area contributed by atoms with Crippen molar-refractivity contribution in [3.8, 4) is 11.5 Å². The van der Waals surface area contributed by atoms with E-state index in [-0.39, 0.29) is 144 Å². The van der Waals surface area contributed by atoms with Crippen LogP contribution < -0.4 is 25.8 Å². The number of carbonyl (C=O) groups excluding carboxylic acids is 7. The first-order valence-corrected chi connectivity index (χ1v) is 29.9. The van der Waals surface area contributed by atoms with Crippen LogP contribution in [0.1, 0.15) is 132 Å². The molecular formula is C66H95F6N5O11S6. The number of nitrogens with two attached hydrogens (primary N) is 1. The molecule has 4 aliphatic heterocycles. The van der Waals surface area contributed by atoms with E-state index in [0.717, 1.165) is 22.3 Å². The monoisotopic (exact) mass is 1440 g/mol. The standard InChI is InChI=1S/C33H39F3N2O5.C30H36N2O6.C2H4F3N.CH4.6H2S/c34-33(35,36)17-16-29(39)27-12-4-5-19-43-26-11-6-10-24(20-26)21-28(38-18-7-13-31(38)41)30(40)22-25(32(42)37-27)15-14-23-8-2-1-3-9-23;33-27-20-23(15-14-21-8-2-1-3-9-21)29(35)31-25(30(36)37)12-4-5-17-38-24-11-6-10-22(18-24)19-26(27)32-16-7-13-28(32)34;3-2(4,5)1-6;;;;;;;/h1-3,6,8-11,20,25,27-28H,4-5,7,12-19,21-22H2,(H,37,42);1-3,6,8-11,18,23,25-26H,4-5,7,12-17,19-20H2,(H,31,35)(H,36,37);1,6H2;1H4;6*1H2/t25-,27+,28+;23-,25+,26+;;;;;;;;/m11......../s1. The molecule has 0 spiro atoms. The topological polar surface area (TPSA) is 232 Å². The third-order valence-corrected chi connectivity index (χ3v) is 15.8. The third-order valence-electron chi connectivity index (χ3n) is 15.8. The number of rotatable bonds is 12. The number of hydrogen-bond donors (Lipinski definition) is 4. The summed E-state index contributed by atoms with van der Waals surface area (Å²) in [4.78, 5) is 108. The molecule has 528 valence electrons. The van der Waals surface area contributed by atoms with Crippen molar-refractivity contribution in [1.29, 1.82) is 0 Å². The van der Waals surface area contributed by atoms with Crippen LogP contribution in [0.2, 0.25) is 0 Å². The molecule has 4 aromatic rings. The molecule has 0 aliphatic carbocycles. The molecule has 2 saturated heterocycles. The van der Waals surface area contributed by atoms with Crippen LogP contribution >= 0.6 is 81.0 Å². The van der Waals surface area contributed by atoms with E-state index in [0.29, 0.717) is 121 Å². The molecule has 4 heterocycles. The van der Waals surface area contributed by atoms with Gasteiger partial charge in [0.2, 0.25) is 23.6 Å². The Labute approximate surface area is 589 Å². The number of benzene rings is 4. The summed E-state index contributed by atoms with van der Waals surface area (Å²) in [5.74, 6) is -3.60. The Hall–Kier alpha value is -5.52. The van der Waals surface area contributed by atoms with Crippen LogP contribution in [0.4, 0.5) is 26.3 Å². The van der Waals surface area contributed by atoms with Crippen LogP contribution in [0.15, 0.2) is 109 Å². The minimum Gasteiger partial charge on any atom is -0.494 e. The average molecular weight is 1440 g/mol. The van der Waals surface area contributed by atoms with Gasteiger partial charge in [0.15, 0.2) is 17.3 Å². The number of Topliss-reactive ketones (excluding diaryl/α,β-unsaturated/α-hetero) is 3. The Kier molecular flexibility index (Phi) is 44.1. The number of halogens is 6. The van der Waals surface area contributed by atoms with E-state index in [1.807, 2.05) is 103 Å². The van der Waals surface area contributed by atoms with Crippen molar-refractivity contribution < 1.29 is 79.3 Å². The van der Waals surface area contributed by atoms with Crippen LogP contribution in [0, 0.1) is 11.8 Å². The van der Waals surface area contributed by atoms with Gasteiger partial charge in [0.1, 0.15) is 17.5 Å². The SMILES string of the molecule is C.NCC(F)(F)F.O=C1N[C@H](C(=O)CCC(F)(F)F)CCCCOc2cccc(c2)C[C@H](N2CCCC2=O)C(=O)C[C@H]1CCc1ccccc1.O=C1N[C@H](C(=O)O)CCCCOc2cccc(c2)C[C@H](N2CCCC2=O)C(=O)C[C@H]1CCc1ccccc1.S.S.S.S.S.S. The van der Waals surface area contributed by atoms with Gasteiger partial charge in [-0.25, -0.2) is 4.79 Å². The van der Waals surface area contributed by atoms with Crippen molar-refractivity contribution in [1.82, 2.24) is 20.4 Å². The van der Waals surface area contributed by atoms with Crippen LogP contribution in [0.5, 0.6) is 11.5 Å². The lowest BCUT2D eigenvalue weighted by molar-refractivity contribution is -0.145. The van der Waals surface area contributed by atoms with Gasteiger partial charge in [0, 0.05) is 69.9 Å². The van der Waals surface area contributed by atoms with Crippen molar-refractivity contribution in [3.05, 3.63) is 131 Å². The normalized spacial score (nSPS) is 20.6. The van der Waals surface area contributed by atoms with Gasteiger partial charge >= 0.3 is 18.3 Å². The molecule has 6 atom stereocenters. The number of ketones is 3. The zero-order valence-corrected chi connectivity index (χ0v) is 57.8. The summed E-state index contributed by atoms with van der Waals surface area (Å²) in [7, 11) is 0. The van der Waals surface area contributed by atoms with Crippen molar-refractivity contribution in [2.75, 3.05) is 32.8 Å². The zero-order chi connectivity index (χ0) is 62.9. The van der Waals surface area contributed by atoms with Crippen molar-refractivity contribution in [3.63, 3.8) is 0 Å². The number of nitrogens with one attached hydrogen (secondary N) is 2. The predicted octanol–water partition coefficient (Wildman–Crippen LogP) is 10.8. The Bertz CT molecular complexity index is 2940. The number of fused-ring (bicyclic) bond motifs is 4. The Balaban J connectivity index is 0. The Morgan fingerprint density at radius 3 is 1.29 bits per heavy atom. The van der Waals surface area contributed by atoms with Gasteiger partial charge in [0.05, 0.1) is 44.3 Å². The molecule has 94 heavy (non-hydrogen) atoms. The summed E-state index contributed by atoms with van der Waals surface area (Å²) in [6.07, 6.45) is -3.76. The summed E-state index contributed by atoms with van der Waals surface area (Å²) >= 11 is 0. The lowest BCUT2D eigenvalue weighted by Crippen LogP contribution is -2.47. The molecule has 4 amide bonds. The molecule has 4 bridgehead atoms. The van der Waals surface area contributed by atoms with E-state index >= 15 is 0 Å². The molecule has 16 nitrogen and oxygen atoms in total. The largest absolute Gasteiger partial charge is 0.494 e. The molecule has 28 heteroatoms. The first-order valence-electron chi connectivity index (χ1n) is 29.9. The van der Waals surface area contributed by atoms with Crippen LogP contribution in [0.25, 0.3) is 0 Å². The maximum atomic E-state index is 13.9. The Morgan fingerprint density at radius 1 is 0.532 bits per heavy atom. The molecule has 4 aromatic carbocycles. The lowest BCUT2D eigenvalue weighted by atomic mass is 9.88. The van der Waals surface area contributed by atoms with Gasteiger partial charge in [-0.05, 0) is 124 Å². The molecule has 2 fully saturated rings. The zero-order valence-electron chi connectivity index (χ0n) is 51.8. The van der Waals surface area contributed by atoms with E-state index in [1.54, 1.807) is 15.9 Å². The summed E-state index contributed by atoms with van der Waals surface area (Å²) in [5.41, 5.74) is 7.92. The van der Waals surface area contributed by atoms with Gasteiger partial charge in [-0.1, -0.05) is 92.4 Å². The van der Waals surface area contributed by atoms with Gasteiger partial charge in [-0.2, -0.15) is 107 Å². The van der Waals surface area contributed by atoms with Gasteiger partial charge < -0.3 is 40.7 Å². The number of alkyl halides is 6. The average Bonchev–Trinajstić information content (AvgIpc) is 1.58. The van der Waals surface area contributed by atoms with E-state index in [4.69, 9.17) is 9.47 Å². The first kappa shape index (κ1) is 90.5. The number of carboxylic acids is 1. The van der Waals surface area contributed by atoms with Crippen molar-refractivity contribution in [2.24, 2.45) is 17.6 Å². The summed E-state index contributed by atoms with van der Waals surface area (Å²) in [6, 6.07) is 30.5. The predicted molar refractivity (Wildman–Crippen MR) is 380 cm³/mol. The van der Waals surface area contributed by atoms with Gasteiger partial charge in [0.25, 0.3) is 0 Å². The highest BCUT2D eigenvalue weighted by Crippen LogP contribution is 2.29. The molecule has 0 unspecified atom stereocenters. The van der Waals surface area contributed by atoms with Crippen LogP contribution in [0.3, 0.4) is 0 Å². The van der Waals surface area contributed by atoms with Crippen molar-refractivity contribution in [2.45, 2.75) is 172 Å². The fourth-order valence-corrected chi connectivity index (χ4v) is 11.0. The second-order valence-electron chi connectivity index (χ2n) is 22.4. The second kappa shape index (κ2) is 45.8. The van der Waals surface area contributed by atoms with E-state index in [9.17, 15) is 69.8 Å². The molecule has 0 radical (unpaired) electrons. The number of likely N-dealkylation sites (tertiary alicyclic amines) is 2. The quantitative estimate of drug-likeness (QED) is 0.0971. The smallest absolute Gasteiger partial charge is 0.400 e. The minimum atomic E-state index is -4.49. The summed E-state index contributed by atoms with van der Waals surface area (Å²) < 4.78 is 82.4. The highest BCUT2D eigenvalue weighted by molar-refractivity contribution is 7.60. The molecular weight excluding hydrogens is 1350 g/mol. The number of nitrogens with zero attached hydrogens (tertiary/aromatic N) is 2. The van der Waals surface area contributed by atoms with E-state index < -0.39 is 91.3 Å². The number of aliphatic carboxylic acids is 1. The number of carbonyl (C=O) groups is 8. The van der Waals surface area contributed by atoms with Crippen molar-refractivity contribution >= 4 is 128 Å². The van der Waals surface area contributed by atoms with Crippen LogP contribution in [-0.2, 0) is 64.0 Å². The molecule has 5 N–H and O–H groups in total. The first-order chi connectivity index (χ1) is 41.5. The lowest BCUT2D eigenvalue weighted by Gasteiger charge is -2.29. The van der Waals surface area contributed by atoms with E-state index in [2.05, 4.69) is 16.4 Å². The summed E-state index contributed by atoms with van der Waals surface area (Å²) in [5, 5.41) is 15.1. The summed E-state index contributed by atoms with van der Waals surface area (Å²) in [6.45, 7) is 0.451. The molecule has 0 saturated carbocycles. The van der Waals surface area contributed by atoms with Crippen LogP contribution in [-0.4, -0.2) is 131 Å². The highest BCUT2D eigenvalue weighted by Gasteiger charge is 2.39. The highest BCUT2D eigenvalue weighted by atomic mass is 32.1. The molecule has 0 aromatic heterocycles. The second-order valence-corrected chi connectivity index (χ2v) is 22.4. The fourth-order valence-electron chi connectivity index (χ4n) is 11.0. The number of ether oxygens (including phenoxy) is 2. The van der Waals surface area contributed by atoms with E-state index in [1.165, 1.54) is 0 Å². The Morgan fingerprint density at radius 2 is 0.926 bits per heavy atom. The van der Waals surface area contributed by atoms with Gasteiger partial charge in [-0.15, -0.1) is 0 Å². The number of aryl methyl sites for hydroxylation is 2. The maximum Gasteiger partial charge on any atom is 0.400 e. The number of carboxylic acid groups (broad SMARTS) is 1. The molecule has 8 rings (SSSR count).